The molecule has 1 aliphatic carbocycles. The number of rotatable bonds is 16. The number of nitrogens with zero attached hydrogens (tertiary/aromatic N) is 1. The number of amides is 1. The molecule has 1 aromatic carbocycles. The Morgan fingerprint density at radius 2 is 1.67 bits per heavy atom. The van der Waals surface area contributed by atoms with Gasteiger partial charge in [0.25, 0.3) is 5.91 Å². The van der Waals surface area contributed by atoms with Crippen molar-refractivity contribution in [3.05, 3.63) is 35.9 Å². The van der Waals surface area contributed by atoms with Crippen molar-refractivity contribution in [2.24, 2.45) is 28.9 Å². The quantitative estimate of drug-likeness (QED) is 0.110. The molecule has 1 unspecified atom stereocenters. The topological polar surface area (TPSA) is 142 Å². The number of carbonyl (C=O) groups is 4. The molecule has 1 saturated heterocycles. The molecule has 4 atom stereocenters. The molecule has 0 bridgehead atoms. The molecule has 0 spiro atoms. The monoisotopic (exact) mass is 647 g/mol. The number of carbonyl (C=O) groups excluding carboxylic acids is 4. The van der Waals surface area contributed by atoms with Gasteiger partial charge >= 0.3 is 25.7 Å². The van der Waals surface area contributed by atoms with Gasteiger partial charge in [0.05, 0.1) is 5.41 Å². The Hall–Kier alpha value is -2.84. The SMILES string of the molecule is CC(C)[C@H](N)C(=O)OCC(C)(C)C(=O)OCOC(=O)[C@@H]1C[C@@H](C2CCCCC2)CN1C(=O)C[P+](=O)CCCCc1ccccc1. The highest BCUT2D eigenvalue weighted by molar-refractivity contribution is 7.45. The molecule has 3 rings (SSSR count). The molecule has 250 valence electrons. The van der Waals surface area contributed by atoms with Crippen molar-refractivity contribution in [1.82, 2.24) is 4.90 Å². The van der Waals surface area contributed by atoms with Gasteiger partial charge in [-0.3, -0.25) is 14.4 Å². The largest absolute Gasteiger partial charge is 0.463 e. The van der Waals surface area contributed by atoms with Crippen molar-refractivity contribution in [1.29, 1.82) is 0 Å². The van der Waals surface area contributed by atoms with E-state index in [9.17, 15) is 23.7 Å². The van der Waals surface area contributed by atoms with Gasteiger partial charge in [-0.05, 0) is 62.8 Å². The van der Waals surface area contributed by atoms with Gasteiger partial charge in [0, 0.05) is 6.54 Å². The second kappa shape index (κ2) is 17.7. The number of aryl methyl sites for hydroxylation is 1. The van der Waals surface area contributed by atoms with Gasteiger partial charge < -0.3 is 24.8 Å². The second-order valence-electron chi connectivity index (χ2n) is 13.5. The van der Waals surface area contributed by atoms with Crippen LogP contribution in [0.5, 0.6) is 0 Å². The van der Waals surface area contributed by atoms with Gasteiger partial charge in [-0.1, -0.05) is 80.8 Å². The van der Waals surface area contributed by atoms with Crippen molar-refractivity contribution in [3.63, 3.8) is 0 Å². The van der Waals surface area contributed by atoms with Crippen molar-refractivity contribution in [3.8, 4) is 0 Å². The Balaban J connectivity index is 1.51. The number of likely N-dealkylation sites (tertiary alicyclic amines) is 1. The average molecular weight is 648 g/mol. The van der Waals surface area contributed by atoms with Gasteiger partial charge in [0.2, 0.25) is 13.0 Å². The summed E-state index contributed by atoms with van der Waals surface area (Å²) in [4.78, 5) is 53.0. The van der Waals surface area contributed by atoms with Crippen molar-refractivity contribution < 1.29 is 38.0 Å². The predicted molar refractivity (Wildman–Crippen MR) is 172 cm³/mol. The van der Waals surface area contributed by atoms with E-state index in [1.807, 2.05) is 18.2 Å². The van der Waals surface area contributed by atoms with E-state index >= 15 is 0 Å². The van der Waals surface area contributed by atoms with E-state index in [1.165, 1.54) is 12.0 Å². The van der Waals surface area contributed by atoms with Crippen LogP contribution in [0.4, 0.5) is 0 Å². The van der Waals surface area contributed by atoms with Gasteiger partial charge in [-0.15, -0.1) is 0 Å². The number of hydrogen-bond donors (Lipinski definition) is 1. The molecule has 11 heteroatoms. The molecule has 2 fully saturated rings. The summed E-state index contributed by atoms with van der Waals surface area (Å²) in [6.07, 6.45) is 9.05. The number of unbranched alkanes of at least 4 members (excludes halogenated alkanes) is 1. The maximum absolute atomic E-state index is 13.4. The average Bonchev–Trinajstić information content (AvgIpc) is 3.48. The third-order valence-electron chi connectivity index (χ3n) is 9.03. The Morgan fingerprint density at radius 3 is 2.33 bits per heavy atom. The minimum Gasteiger partial charge on any atom is -0.463 e. The highest BCUT2D eigenvalue weighted by atomic mass is 31.1. The molecule has 2 N–H and O–H groups in total. The third-order valence-corrected chi connectivity index (χ3v) is 10.5. The van der Waals surface area contributed by atoms with Crippen LogP contribution in [0.15, 0.2) is 30.3 Å². The van der Waals surface area contributed by atoms with E-state index in [0.29, 0.717) is 25.0 Å². The molecular formula is C34H52N2O8P+. The smallest absolute Gasteiger partial charge is 0.348 e. The molecule has 1 heterocycles. The van der Waals surface area contributed by atoms with Crippen molar-refractivity contribution in [2.75, 3.05) is 32.3 Å². The Bertz CT molecular complexity index is 1150. The summed E-state index contributed by atoms with van der Waals surface area (Å²) in [5, 5.41) is 0. The first kappa shape index (κ1) is 36.6. The van der Waals surface area contributed by atoms with E-state index in [4.69, 9.17) is 19.9 Å². The number of hydrogen-bond acceptors (Lipinski definition) is 9. The highest BCUT2D eigenvalue weighted by Crippen LogP contribution is 2.38. The van der Waals surface area contributed by atoms with E-state index in [-0.39, 0.29) is 30.5 Å². The van der Waals surface area contributed by atoms with Crippen LogP contribution in [0.2, 0.25) is 0 Å². The van der Waals surface area contributed by atoms with Gasteiger partial charge in [-0.2, -0.15) is 0 Å². The van der Waals surface area contributed by atoms with Crippen LogP contribution < -0.4 is 5.73 Å². The zero-order valence-electron chi connectivity index (χ0n) is 27.4. The summed E-state index contributed by atoms with van der Waals surface area (Å²) in [5.41, 5.74) is 5.86. The summed E-state index contributed by atoms with van der Waals surface area (Å²) in [6, 6.07) is 8.52. The van der Waals surface area contributed by atoms with Crippen molar-refractivity contribution >= 4 is 31.6 Å². The fraction of sp³-hybridized carbons (Fsp3) is 0.706. The zero-order chi connectivity index (χ0) is 33.0. The van der Waals surface area contributed by atoms with Crippen LogP contribution in [-0.4, -0.2) is 73.1 Å². The van der Waals surface area contributed by atoms with E-state index in [2.05, 4.69) is 12.1 Å². The van der Waals surface area contributed by atoms with Gasteiger partial charge in [0.15, 0.2) is 0 Å². The standard InChI is InChI=1S/C34H52N2O8P/c1-24(2)30(35)32(39)42-22-34(3,4)33(40)44-23-43-31(38)28-19-27(26-16-9-6-10-17-26)20-36(28)29(37)21-45(41)18-12-11-15-25-13-7-5-8-14-25/h5,7-8,13-14,24,26-28,30H,6,9-12,15-23,35H2,1-4H3/q+1/t27-,28+,30+/m1/s1. The fourth-order valence-electron chi connectivity index (χ4n) is 6.01. The van der Waals surface area contributed by atoms with Crippen LogP contribution in [-0.2, 0) is 44.4 Å². The zero-order valence-corrected chi connectivity index (χ0v) is 28.3. The third kappa shape index (κ3) is 11.5. The molecule has 0 aromatic heterocycles. The minimum atomic E-state index is -1.74. The fourth-order valence-corrected chi connectivity index (χ4v) is 7.23. The molecule has 1 aromatic rings. The molecule has 1 amide bonds. The maximum atomic E-state index is 13.4. The lowest BCUT2D eigenvalue weighted by atomic mass is 9.79. The van der Waals surface area contributed by atoms with Gasteiger partial charge in [-0.25, -0.2) is 4.79 Å². The molecule has 2 aliphatic rings. The lowest BCUT2D eigenvalue weighted by Crippen LogP contribution is -2.43. The van der Waals surface area contributed by atoms with E-state index < -0.39 is 50.0 Å². The molecular weight excluding hydrogens is 595 g/mol. The maximum Gasteiger partial charge on any atom is 0.348 e. The minimum absolute atomic E-state index is 0.0931. The predicted octanol–water partition coefficient (Wildman–Crippen LogP) is 5.23. The van der Waals surface area contributed by atoms with Crippen LogP contribution >= 0.6 is 7.80 Å². The number of esters is 3. The summed E-state index contributed by atoms with van der Waals surface area (Å²) >= 11 is 0. The molecule has 1 aliphatic heterocycles. The summed E-state index contributed by atoms with van der Waals surface area (Å²) in [6.45, 7) is 6.28. The Kier molecular flexibility index (Phi) is 14.4. The molecule has 45 heavy (non-hydrogen) atoms. The van der Waals surface area contributed by atoms with Crippen LogP contribution in [0, 0.1) is 23.2 Å². The van der Waals surface area contributed by atoms with Crippen LogP contribution in [0.3, 0.4) is 0 Å². The number of ether oxygens (including phenoxy) is 3. The normalized spacial score (nSPS) is 20.0. The first-order chi connectivity index (χ1) is 21.4. The molecule has 0 radical (unpaired) electrons. The summed E-state index contributed by atoms with van der Waals surface area (Å²) in [5.74, 6) is -1.75. The second-order valence-corrected chi connectivity index (χ2v) is 15.3. The molecule has 1 saturated carbocycles. The van der Waals surface area contributed by atoms with Gasteiger partial charge in [0.1, 0.15) is 24.9 Å². The summed E-state index contributed by atoms with van der Waals surface area (Å²) in [7, 11) is -1.74. The molecule has 10 nitrogen and oxygen atoms in total. The van der Waals surface area contributed by atoms with Crippen LogP contribution in [0.25, 0.3) is 0 Å². The Labute approximate surface area is 268 Å². The first-order valence-electron chi connectivity index (χ1n) is 16.4. The highest BCUT2D eigenvalue weighted by Gasteiger charge is 2.45. The lowest BCUT2D eigenvalue weighted by Gasteiger charge is -2.27. The van der Waals surface area contributed by atoms with E-state index in [0.717, 1.165) is 44.9 Å². The number of nitrogens with two attached hydrogens (primary N) is 1. The summed E-state index contributed by atoms with van der Waals surface area (Å²) < 4.78 is 28.7. The van der Waals surface area contributed by atoms with E-state index in [1.54, 1.807) is 32.6 Å². The Morgan fingerprint density at radius 1 is 0.978 bits per heavy atom. The number of benzene rings is 1. The van der Waals surface area contributed by atoms with Crippen molar-refractivity contribution in [2.45, 2.75) is 97.6 Å². The lowest BCUT2D eigenvalue weighted by molar-refractivity contribution is -0.179. The van der Waals surface area contributed by atoms with Crippen LogP contribution in [0.1, 0.15) is 84.6 Å². The first-order valence-corrected chi connectivity index (χ1v) is 18.0.